The van der Waals surface area contributed by atoms with Gasteiger partial charge in [0, 0.05) is 24.1 Å². The number of nitro benzene ring substituents is 1. The molecular weight excluding hydrogens is 635 g/mol. The lowest BCUT2D eigenvalue weighted by atomic mass is 10.00. The monoisotopic (exact) mass is 665 g/mol. The SMILES string of the molecule is Cc1ccc([C@H]2CC(c3cccs3)=NN2C(=O)CSc2nnc(CNC(=O)c3ccc([N+](=O)[O-])cc3)n2-c2cccc(C)c2C)cc1. The van der Waals surface area contributed by atoms with Crippen LogP contribution in [0.4, 0.5) is 5.69 Å². The average molecular weight is 666 g/mol. The molecule has 1 aliphatic heterocycles. The molecule has 0 unspecified atom stereocenters. The summed E-state index contributed by atoms with van der Waals surface area (Å²) in [6.45, 7) is 6.09. The smallest absolute Gasteiger partial charge is 0.269 e. The standard InChI is InChI=1S/C34H31N7O4S2/c1-21-9-11-24(12-10-21)29-18-27(30-8-5-17-46-30)38-40(29)32(42)20-47-34-37-36-31(39(34)28-7-4-6-22(2)23(28)3)19-35-33(43)25-13-15-26(16-14-25)41(44)45/h4-17,29H,18-20H2,1-3H3,(H,35,43)/t29-/m1/s1. The van der Waals surface area contributed by atoms with Crippen molar-refractivity contribution < 1.29 is 14.5 Å². The molecule has 0 bridgehead atoms. The molecule has 0 spiro atoms. The first-order valence-electron chi connectivity index (χ1n) is 14.9. The molecule has 47 heavy (non-hydrogen) atoms. The van der Waals surface area contributed by atoms with E-state index in [1.54, 1.807) is 16.3 Å². The van der Waals surface area contributed by atoms with Crippen molar-refractivity contribution in [2.75, 3.05) is 5.75 Å². The minimum Gasteiger partial charge on any atom is -0.345 e. The van der Waals surface area contributed by atoms with Crippen LogP contribution in [0.5, 0.6) is 0 Å². The van der Waals surface area contributed by atoms with Gasteiger partial charge in [-0.05, 0) is 67.1 Å². The summed E-state index contributed by atoms with van der Waals surface area (Å²) in [5.74, 6) is -0.0199. The molecule has 0 fully saturated rings. The Morgan fingerprint density at radius 1 is 1.00 bits per heavy atom. The summed E-state index contributed by atoms with van der Waals surface area (Å²) < 4.78 is 1.86. The molecule has 6 rings (SSSR count). The normalized spacial score (nSPS) is 14.2. The molecular formula is C34H31N7O4S2. The molecule has 3 aromatic carbocycles. The van der Waals surface area contributed by atoms with Gasteiger partial charge < -0.3 is 5.32 Å². The third-order valence-electron chi connectivity index (χ3n) is 8.02. The molecule has 2 aromatic heterocycles. The second-order valence-corrected chi connectivity index (χ2v) is 13.0. The summed E-state index contributed by atoms with van der Waals surface area (Å²) in [5, 5.41) is 31.6. The van der Waals surface area contributed by atoms with Crippen molar-refractivity contribution in [2.45, 2.75) is 44.9 Å². The van der Waals surface area contributed by atoms with Gasteiger partial charge in [0.25, 0.3) is 17.5 Å². The Morgan fingerprint density at radius 2 is 1.77 bits per heavy atom. The van der Waals surface area contributed by atoms with E-state index < -0.39 is 10.8 Å². The molecule has 0 saturated heterocycles. The molecule has 2 amide bonds. The number of aryl methyl sites for hydroxylation is 2. The molecule has 1 N–H and O–H groups in total. The second-order valence-electron chi connectivity index (χ2n) is 11.1. The third kappa shape index (κ3) is 6.86. The number of thiophene rings is 1. The molecule has 1 aliphatic rings. The van der Waals surface area contributed by atoms with Gasteiger partial charge in [-0.15, -0.1) is 21.5 Å². The summed E-state index contributed by atoms with van der Waals surface area (Å²) in [4.78, 5) is 38.3. The molecule has 3 heterocycles. The number of hydrogen-bond acceptors (Lipinski definition) is 9. The average Bonchev–Trinajstić information content (AvgIpc) is 3.85. The van der Waals surface area contributed by atoms with Gasteiger partial charge in [-0.1, -0.05) is 59.8 Å². The Balaban J connectivity index is 1.24. The Labute approximate surface area is 279 Å². The van der Waals surface area contributed by atoms with Crippen molar-refractivity contribution in [3.63, 3.8) is 0 Å². The van der Waals surface area contributed by atoms with Crippen LogP contribution in [0.3, 0.4) is 0 Å². The summed E-state index contributed by atoms with van der Waals surface area (Å²) in [6, 6.07) is 23.3. The van der Waals surface area contributed by atoms with Crippen LogP contribution >= 0.6 is 23.1 Å². The molecule has 11 nitrogen and oxygen atoms in total. The van der Waals surface area contributed by atoms with Crippen LogP contribution in [0.2, 0.25) is 0 Å². The zero-order valence-electron chi connectivity index (χ0n) is 25.9. The van der Waals surface area contributed by atoms with Crippen LogP contribution in [0, 0.1) is 30.9 Å². The summed E-state index contributed by atoms with van der Waals surface area (Å²) >= 11 is 2.86. The summed E-state index contributed by atoms with van der Waals surface area (Å²) in [5.41, 5.74) is 6.14. The van der Waals surface area contributed by atoms with Crippen LogP contribution in [0.15, 0.2) is 94.5 Å². The Kier molecular flexibility index (Phi) is 9.27. The van der Waals surface area contributed by atoms with Gasteiger partial charge in [0.05, 0.1) is 39.5 Å². The van der Waals surface area contributed by atoms with Crippen molar-refractivity contribution in [3.8, 4) is 5.69 Å². The van der Waals surface area contributed by atoms with Crippen LogP contribution in [-0.4, -0.2) is 48.0 Å². The molecule has 0 radical (unpaired) electrons. The highest BCUT2D eigenvalue weighted by atomic mass is 32.2. The number of nitrogens with one attached hydrogen (secondary N) is 1. The number of nitrogens with zero attached hydrogens (tertiary/aromatic N) is 6. The van der Waals surface area contributed by atoms with Gasteiger partial charge >= 0.3 is 0 Å². The number of rotatable bonds is 10. The highest BCUT2D eigenvalue weighted by Crippen LogP contribution is 2.35. The van der Waals surface area contributed by atoms with Gasteiger partial charge in [0.2, 0.25) is 0 Å². The van der Waals surface area contributed by atoms with Gasteiger partial charge in [0.1, 0.15) is 0 Å². The Morgan fingerprint density at radius 3 is 2.47 bits per heavy atom. The number of hydrazone groups is 1. The summed E-state index contributed by atoms with van der Waals surface area (Å²) in [6.07, 6.45) is 0.622. The Bertz CT molecular complexity index is 1970. The molecule has 13 heteroatoms. The number of amides is 2. The lowest BCUT2D eigenvalue weighted by molar-refractivity contribution is -0.384. The van der Waals surface area contributed by atoms with Gasteiger partial charge in [0.15, 0.2) is 11.0 Å². The van der Waals surface area contributed by atoms with Crippen LogP contribution in [0.1, 0.15) is 55.8 Å². The van der Waals surface area contributed by atoms with E-state index in [0.717, 1.165) is 38.5 Å². The second kappa shape index (κ2) is 13.7. The highest BCUT2D eigenvalue weighted by molar-refractivity contribution is 7.99. The molecule has 0 saturated carbocycles. The maximum absolute atomic E-state index is 13.8. The van der Waals surface area contributed by atoms with Crippen molar-refractivity contribution in [1.29, 1.82) is 0 Å². The van der Waals surface area contributed by atoms with Gasteiger partial charge in [-0.25, -0.2) is 5.01 Å². The number of carbonyl (C=O) groups excluding carboxylic acids is 2. The lowest BCUT2D eigenvalue weighted by Gasteiger charge is -2.22. The Hall–Kier alpha value is -5.14. The van der Waals surface area contributed by atoms with E-state index in [4.69, 9.17) is 5.10 Å². The predicted molar refractivity (Wildman–Crippen MR) is 182 cm³/mol. The predicted octanol–water partition coefficient (Wildman–Crippen LogP) is 6.56. The fraction of sp³-hybridized carbons (Fsp3) is 0.206. The van der Waals surface area contributed by atoms with E-state index >= 15 is 0 Å². The van der Waals surface area contributed by atoms with Crippen LogP contribution < -0.4 is 5.32 Å². The van der Waals surface area contributed by atoms with Gasteiger partial charge in [-0.2, -0.15) is 5.10 Å². The van der Waals surface area contributed by atoms with Crippen molar-refractivity contribution in [3.05, 3.63) is 133 Å². The zero-order valence-corrected chi connectivity index (χ0v) is 27.5. The molecule has 1 atom stereocenters. The number of carbonyl (C=O) groups is 2. The molecule has 238 valence electrons. The minimum absolute atomic E-state index is 0.0425. The number of nitro groups is 1. The lowest BCUT2D eigenvalue weighted by Crippen LogP contribution is -2.28. The maximum Gasteiger partial charge on any atom is 0.269 e. The van der Waals surface area contributed by atoms with Crippen LogP contribution in [-0.2, 0) is 11.3 Å². The first-order chi connectivity index (χ1) is 22.7. The largest absolute Gasteiger partial charge is 0.345 e. The van der Waals surface area contributed by atoms with E-state index in [2.05, 4.69) is 27.6 Å². The van der Waals surface area contributed by atoms with Crippen LogP contribution in [0.25, 0.3) is 5.69 Å². The summed E-state index contributed by atoms with van der Waals surface area (Å²) in [7, 11) is 0. The van der Waals surface area contributed by atoms with E-state index in [-0.39, 0.29) is 35.5 Å². The quantitative estimate of drug-likeness (QED) is 0.101. The highest BCUT2D eigenvalue weighted by Gasteiger charge is 2.33. The number of aromatic nitrogens is 3. The van der Waals surface area contributed by atoms with E-state index in [1.807, 2.05) is 73.2 Å². The van der Waals surface area contributed by atoms with Gasteiger partial charge in [-0.3, -0.25) is 24.3 Å². The first kappa shape index (κ1) is 31.8. The van der Waals surface area contributed by atoms with E-state index in [0.29, 0.717) is 17.4 Å². The maximum atomic E-state index is 13.8. The van der Waals surface area contributed by atoms with E-state index in [9.17, 15) is 19.7 Å². The number of benzene rings is 3. The number of hydrogen-bond donors (Lipinski definition) is 1. The fourth-order valence-electron chi connectivity index (χ4n) is 5.30. The number of non-ortho nitro benzene ring substituents is 1. The minimum atomic E-state index is -0.514. The number of thioether (sulfide) groups is 1. The molecule has 5 aromatic rings. The first-order valence-corrected chi connectivity index (χ1v) is 16.7. The van der Waals surface area contributed by atoms with Crippen molar-refractivity contribution in [1.82, 2.24) is 25.1 Å². The third-order valence-corrected chi connectivity index (χ3v) is 9.86. The van der Waals surface area contributed by atoms with Crippen molar-refractivity contribution in [2.24, 2.45) is 5.10 Å². The topological polar surface area (TPSA) is 136 Å². The fourth-order valence-corrected chi connectivity index (χ4v) is 6.83. The molecule has 0 aliphatic carbocycles. The van der Waals surface area contributed by atoms with E-state index in [1.165, 1.54) is 36.0 Å². The zero-order chi connectivity index (χ0) is 33.1. The van der Waals surface area contributed by atoms with Crippen molar-refractivity contribution >= 4 is 46.3 Å².